The molecule has 1 saturated carbocycles. The predicted octanol–water partition coefficient (Wildman–Crippen LogP) is 2.30. The van der Waals surface area contributed by atoms with Crippen LogP contribution in [0.4, 0.5) is 5.69 Å². The maximum absolute atomic E-state index is 12.5. The van der Waals surface area contributed by atoms with E-state index >= 15 is 0 Å². The second-order valence-corrected chi connectivity index (χ2v) is 7.05. The van der Waals surface area contributed by atoms with Gasteiger partial charge in [-0.15, -0.1) is 0 Å². The predicted molar refractivity (Wildman–Crippen MR) is 93.7 cm³/mol. The van der Waals surface area contributed by atoms with Gasteiger partial charge in [0.1, 0.15) is 6.61 Å². The molecule has 1 heterocycles. The SMILES string of the molecule is O=C(N[C@H]1CCCN(c2ccccc2)C1)C1CCC(C[OH2+])CC1. The van der Waals surface area contributed by atoms with Crippen molar-refractivity contribution in [1.29, 1.82) is 0 Å². The minimum Gasteiger partial charge on any atom is -0.445 e. The Kier molecular flexibility index (Phi) is 5.55. The van der Waals surface area contributed by atoms with Crippen LogP contribution in [0.1, 0.15) is 38.5 Å². The third-order valence-corrected chi connectivity index (χ3v) is 5.40. The van der Waals surface area contributed by atoms with E-state index in [-0.39, 0.29) is 17.9 Å². The van der Waals surface area contributed by atoms with Crippen molar-refractivity contribution in [2.24, 2.45) is 11.8 Å². The van der Waals surface area contributed by atoms with Crippen molar-refractivity contribution in [3.63, 3.8) is 0 Å². The number of piperidine rings is 1. The van der Waals surface area contributed by atoms with Crippen LogP contribution < -0.4 is 10.2 Å². The molecule has 0 unspecified atom stereocenters. The zero-order valence-electron chi connectivity index (χ0n) is 13.8. The first kappa shape index (κ1) is 16.3. The fourth-order valence-electron chi connectivity index (χ4n) is 3.92. The second kappa shape index (κ2) is 7.82. The molecule has 1 aliphatic heterocycles. The van der Waals surface area contributed by atoms with Crippen LogP contribution in [0, 0.1) is 11.8 Å². The molecule has 23 heavy (non-hydrogen) atoms. The molecule has 1 aromatic rings. The van der Waals surface area contributed by atoms with Gasteiger partial charge in [0.15, 0.2) is 0 Å². The number of benzene rings is 1. The highest BCUT2D eigenvalue weighted by Crippen LogP contribution is 2.29. The lowest BCUT2D eigenvalue weighted by Crippen LogP contribution is -2.49. The first-order chi connectivity index (χ1) is 11.3. The van der Waals surface area contributed by atoms with Crippen LogP contribution in [0.5, 0.6) is 0 Å². The number of nitrogens with one attached hydrogen (secondary N) is 1. The van der Waals surface area contributed by atoms with Gasteiger partial charge in [0.2, 0.25) is 5.91 Å². The molecule has 4 nitrogen and oxygen atoms in total. The number of anilines is 1. The summed E-state index contributed by atoms with van der Waals surface area (Å²) in [6.07, 6.45) is 6.22. The topological polar surface area (TPSA) is 55.2 Å². The summed E-state index contributed by atoms with van der Waals surface area (Å²) in [5.74, 6) is 0.931. The molecule has 2 fully saturated rings. The number of amides is 1. The molecule has 1 saturated heterocycles. The molecular weight excluding hydrogens is 288 g/mol. The monoisotopic (exact) mass is 317 g/mol. The van der Waals surface area contributed by atoms with E-state index in [2.05, 4.69) is 34.5 Å². The molecule has 1 atom stereocenters. The molecule has 0 spiro atoms. The smallest absolute Gasteiger partial charge is 0.223 e. The molecule has 126 valence electrons. The van der Waals surface area contributed by atoms with Gasteiger partial charge in [0.25, 0.3) is 0 Å². The summed E-state index contributed by atoms with van der Waals surface area (Å²) in [6, 6.07) is 10.7. The van der Waals surface area contributed by atoms with E-state index in [1.807, 2.05) is 6.07 Å². The third-order valence-electron chi connectivity index (χ3n) is 5.40. The van der Waals surface area contributed by atoms with Crippen LogP contribution in [0.25, 0.3) is 0 Å². The molecule has 1 aliphatic carbocycles. The Hall–Kier alpha value is -1.55. The van der Waals surface area contributed by atoms with Gasteiger partial charge in [-0.25, -0.2) is 0 Å². The summed E-state index contributed by atoms with van der Waals surface area (Å²) in [5, 5.41) is 10.8. The lowest BCUT2D eigenvalue weighted by molar-refractivity contribution is -0.127. The van der Waals surface area contributed by atoms with Crippen LogP contribution in [0.2, 0.25) is 0 Å². The van der Waals surface area contributed by atoms with E-state index in [0.717, 1.165) is 51.6 Å². The Balaban J connectivity index is 1.51. The Morgan fingerprint density at radius 2 is 1.87 bits per heavy atom. The zero-order chi connectivity index (χ0) is 16.1. The third kappa shape index (κ3) is 4.25. The first-order valence-electron chi connectivity index (χ1n) is 9.01. The van der Waals surface area contributed by atoms with Gasteiger partial charge in [0, 0.05) is 36.7 Å². The maximum atomic E-state index is 12.5. The Morgan fingerprint density at radius 1 is 1.13 bits per heavy atom. The van der Waals surface area contributed by atoms with E-state index in [1.54, 1.807) is 0 Å². The average Bonchev–Trinajstić information content (AvgIpc) is 2.63. The highest BCUT2D eigenvalue weighted by molar-refractivity contribution is 5.79. The Morgan fingerprint density at radius 3 is 2.57 bits per heavy atom. The van der Waals surface area contributed by atoms with Gasteiger partial charge in [-0.1, -0.05) is 18.2 Å². The summed E-state index contributed by atoms with van der Waals surface area (Å²) in [6.45, 7) is 2.51. The lowest BCUT2D eigenvalue weighted by atomic mass is 9.82. The number of carbonyl (C=O) groups is 1. The van der Waals surface area contributed by atoms with Crippen LogP contribution in [-0.4, -0.2) is 36.8 Å². The first-order valence-corrected chi connectivity index (χ1v) is 9.01. The van der Waals surface area contributed by atoms with Crippen LogP contribution in [0.3, 0.4) is 0 Å². The van der Waals surface area contributed by atoms with Crippen LogP contribution in [0.15, 0.2) is 30.3 Å². The van der Waals surface area contributed by atoms with Crippen LogP contribution >= 0.6 is 0 Å². The van der Waals surface area contributed by atoms with Gasteiger partial charge in [-0.3, -0.25) is 4.79 Å². The molecule has 1 amide bonds. The summed E-state index contributed by atoms with van der Waals surface area (Å²) in [7, 11) is 0. The normalized spacial score (nSPS) is 28.4. The van der Waals surface area contributed by atoms with Crippen molar-refractivity contribution in [3.05, 3.63) is 30.3 Å². The Labute approximate surface area is 138 Å². The minimum atomic E-state index is 0.171. The number of carbonyl (C=O) groups excluding carboxylic acids is 1. The summed E-state index contributed by atoms with van der Waals surface area (Å²) >= 11 is 0. The van der Waals surface area contributed by atoms with E-state index in [9.17, 15) is 4.79 Å². The van der Waals surface area contributed by atoms with E-state index in [0.29, 0.717) is 12.5 Å². The Bertz CT molecular complexity index is 497. The number of hydrogen-bond donors (Lipinski definition) is 1. The lowest BCUT2D eigenvalue weighted by Gasteiger charge is -2.36. The van der Waals surface area contributed by atoms with Gasteiger partial charge in [-0.05, 0) is 50.7 Å². The van der Waals surface area contributed by atoms with Crippen molar-refractivity contribution in [3.8, 4) is 0 Å². The number of nitrogens with zero attached hydrogens (tertiary/aromatic N) is 1. The molecule has 0 bridgehead atoms. The summed E-state index contributed by atoms with van der Waals surface area (Å²) < 4.78 is 0. The fraction of sp³-hybridized carbons (Fsp3) is 0.632. The number of hydrogen-bond acceptors (Lipinski definition) is 2. The van der Waals surface area contributed by atoms with Crippen molar-refractivity contribution in [2.45, 2.75) is 44.6 Å². The highest BCUT2D eigenvalue weighted by atomic mass is 16.3. The molecule has 3 rings (SSSR count). The fourth-order valence-corrected chi connectivity index (χ4v) is 3.92. The molecular formula is C19H29N2O2+. The van der Waals surface area contributed by atoms with Crippen molar-refractivity contribution in [1.82, 2.24) is 5.32 Å². The molecule has 0 radical (unpaired) electrons. The van der Waals surface area contributed by atoms with Crippen molar-refractivity contribution >= 4 is 11.6 Å². The van der Waals surface area contributed by atoms with Crippen molar-refractivity contribution < 1.29 is 9.90 Å². The second-order valence-electron chi connectivity index (χ2n) is 7.05. The molecule has 0 aromatic heterocycles. The maximum Gasteiger partial charge on any atom is 0.223 e. The van der Waals surface area contributed by atoms with Gasteiger partial charge in [-0.2, -0.15) is 0 Å². The summed E-state index contributed by atoms with van der Waals surface area (Å²) in [4.78, 5) is 14.9. The zero-order valence-corrected chi connectivity index (χ0v) is 13.8. The van der Waals surface area contributed by atoms with Gasteiger partial charge < -0.3 is 15.3 Å². The largest absolute Gasteiger partial charge is 0.445 e. The number of rotatable bonds is 4. The van der Waals surface area contributed by atoms with Crippen LogP contribution in [-0.2, 0) is 4.79 Å². The average molecular weight is 317 g/mol. The standard InChI is InChI=1S/C19H28N2O2/c22-14-15-8-10-16(11-9-15)19(23)20-17-5-4-12-21(13-17)18-6-2-1-3-7-18/h1-3,6-7,15-17,22H,4-5,8-14H2,(H,20,23)/p+1/t15?,16?,17-/m0/s1. The molecule has 1 aromatic carbocycles. The van der Waals surface area contributed by atoms with E-state index in [4.69, 9.17) is 5.11 Å². The molecule has 3 N–H and O–H groups in total. The highest BCUT2D eigenvalue weighted by Gasteiger charge is 2.29. The molecule has 4 heteroatoms. The quantitative estimate of drug-likeness (QED) is 0.866. The van der Waals surface area contributed by atoms with Gasteiger partial charge >= 0.3 is 0 Å². The van der Waals surface area contributed by atoms with Gasteiger partial charge in [0.05, 0.1) is 0 Å². The van der Waals surface area contributed by atoms with E-state index in [1.165, 1.54) is 5.69 Å². The van der Waals surface area contributed by atoms with Crippen molar-refractivity contribution in [2.75, 3.05) is 24.6 Å². The summed E-state index contributed by atoms with van der Waals surface area (Å²) in [5.41, 5.74) is 1.25. The van der Waals surface area contributed by atoms with E-state index < -0.39 is 0 Å². The minimum absolute atomic E-state index is 0.171. The number of para-hydroxylation sites is 1. The molecule has 2 aliphatic rings.